The van der Waals surface area contributed by atoms with Gasteiger partial charge in [0.2, 0.25) is 11.8 Å². The van der Waals surface area contributed by atoms with Crippen LogP contribution < -0.4 is 20.1 Å². The molecule has 6 aromatic rings. The molecule has 0 fully saturated rings. The van der Waals surface area contributed by atoms with Crippen LogP contribution in [0.5, 0.6) is 11.5 Å². The number of H-pyrrole nitrogens is 2. The number of fused-ring (bicyclic) bond motifs is 2. The Labute approximate surface area is 326 Å². The van der Waals surface area contributed by atoms with E-state index < -0.39 is 0 Å². The summed E-state index contributed by atoms with van der Waals surface area (Å²) < 4.78 is 10.9. The number of benzene rings is 4. The number of nitrogens with one attached hydrogen (secondary N) is 4. The number of hydrogen-bond acceptors (Lipinski definition) is 6. The van der Waals surface area contributed by atoms with Gasteiger partial charge in [-0.25, -0.2) is 0 Å². The highest BCUT2D eigenvalue weighted by Crippen LogP contribution is 2.31. The molecule has 0 aliphatic carbocycles. The standard InChI is InChI=1S/C45H48N6O5/c1-30(52)51(27-32-13-16-42(55-2)43(21-32)56-3)28-36(22-35-25-46-40-12-8-7-11-37(35)40)49-44(53)29-50-19-17-33(18-20-50)39-26-47-41-15-14-34(23-38(39)41)45(54)48-24-31-9-5-4-6-10-31/h4-17,21,23,25-26,36,46-47H,18-20,22,24,27-29H2,1-3H3,(H,48,54)(H,49,53)/t36-/m1/s1. The Kier molecular flexibility index (Phi) is 11.8. The lowest BCUT2D eigenvalue weighted by atomic mass is 9.98. The first kappa shape index (κ1) is 38.0. The summed E-state index contributed by atoms with van der Waals surface area (Å²) in [5.41, 5.74) is 7.86. The molecule has 288 valence electrons. The second kappa shape index (κ2) is 17.4. The Morgan fingerprint density at radius 3 is 2.38 bits per heavy atom. The quantitative estimate of drug-likeness (QED) is 0.0953. The Morgan fingerprint density at radius 2 is 1.61 bits per heavy atom. The maximum atomic E-state index is 13.7. The Morgan fingerprint density at radius 1 is 0.839 bits per heavy atom. The molecule has 1 aliphatic rings. The van der Waals surface area contributed by atoms with E-state index in [4.69, 9.17) is 9.47 Å². The van der Waals surface area contributed by atoms with Crippen molar-refractivity contribution < 1.29 is 23.9 Å². The predicted molar refractivity (Wildman–Crippen MR) is 220 cm³/mol. The van der Waals surface area contributed by atoms with Crippen molar-refractivity contribution in [3.63, 3.8) is 0 Å². The fourth-order valence-electron chi connectivity index (χ4n) is 7.48. The summed E-state index contributed by atoms with van der Waals surface area (Å²) in [6, 6.07) is 29.0. The van der Waals surface area contributed by atoms with Crippen molar-refractivity contribution in [2.45, 2.75) is 38.9 Å². The van der Waals surface area contributed by atoms with E-state index in [1.165, 1.54) is 5.57 Å². The van der Waals surface area contributed by atoms with Crippen molar-refractivity contribution in [3.8, 4) is 11.5 Å². The van der Waals surface area contributed by atoms with Gasteiger partial charge in [-0.3, -0.25) is 19.3 Å². The van der Waals surface area contributed by atoms with Crippen LogP contribution in [0.1, 0.15) is 46.0 Å². The number of rotatable bonds is 15. The number of carbonyl (C=O) groups excluding carboxylic acids is 3. The van der Waals surface area contributed by atoms with Gasteiger partial charge in [-0.1, -0.05) is 60.7 Å². The van der Waals surface area contributed by atoms with E-state index in [1.807, 2.05) is 97.3 Å². The second-order valence-corrected chi connectivity index (χ2v) is 14.3. The lowest BCUT2D eigenvalue weighted by Gasteiger charge is -2.30. The number of hydrogen-bond donors (Lipinski definition) is 4. The zero-order chi connectivity index (χ0) is 39.0. The molecule has 0 bridgehead atoms. The molecule has 0 unspecified atom stereocenters. The van der Waals surface area contributed by atoms with Crippen molar-refractivity contribution in [1.82, 2.24) is 30.4 Å². The molecule has 0 saturated heterocycles. The molecule has 0 saturated carbocycles. The van der Waals surface area contributed by atoms with Crippen LogP contribution in [-0.4, -0.2) is 83.9 Å². The minimum atomic E-state index is -0.341. The van der Waals surface area contributed by atoms with Gasteiger partial charge in [0.25, 0.3) is 5.91 Å². The number of aromatic nitrogens is 2. The summed E-state index contributed by atoms with van der Waals surface area (Å²) in [6.07, 6.45) is 7.46. The zero-order valence-corrected chi connectivity index (χ0v) is 32.1. The zero-order valence-electron chi connectivity index (χ0n) is 32.1. The molecule has 7 rings (SSSR count). The van der Waals surface area contributed by atoms with Crippen molar-refractivity contribution >= 4 is 45.1 Å². The van der Waals surface area contributed by atoms with E-state index in [0.717, 1.165) is 50.5 Å². The van der Waals surface area contributed by atoms with Crippen LogP contribution in [0.2, 0.25) is 0 Å². The van der Waals surface area contributed by atoms with E-state index in [-0.39, 0.29) is 30.3 Å². The van der Waals surface area contributed by atoms with Crippen LogP contribution >= 0.6 is 0 Å². The third-order valence-electron chi connectivity index (χ3n) is 10.5. The number of amides is 3. The fourth-order valence-corrected chi connectivity index (χ4v) is 7.48. The van der Waals surface area contributed by atoms with Gasteiger partial charge in [0.15, 0.2) is 11.5 Å². The summed E-state index contributed by atoms with van der Waals surface area (Å²) >= 11 is 0. The first-order valence-corrected chi connectivity index (χ1v) is 18.9. The van der Waals surface area contributed by atoms with Gasteiger partial charge in [-0.15, -0.1) is 0 Å². The molecule has 0 radical (unpaired) electrons. The molecule has 2 aromatic heterocycles. The van der Waals surface area contributed by atoms with E-state index in [2.05, 4.69) is 37.6 Å². The van der Waals surface area contributed by atoms with E-state index in [0.29, 0.717) is 56.2 Å². The number of methoxy groups -OCH3 is 2. The fraction of sp³-hybridized carbons (Fsp3) is 0.267. The molecule has 4 aromatic carbocycles. The highest BCUT2D eigenvalue weighted by Gasteiger charge is 2.24. The highest BCUT2D eigenvalue weighted by molar-refractivity contribution is 6.01. The van der Waals surface area contributed by atoms with Gasteiger partial charge in [0.05, 0.1) is 26.8 Å². The average molecular weight is 753 g/mol. The second-order valence-electron chi connectivity index (χ2n) is 14.3. The SMILES string of the molecule is COc1ccc(CN(C[C@@H](Cc2c[nH]c3ccccc23)NC(=O)CN2CC=C(c3c[nH]c4ccc(C(=O)NCc5ccccc5)cc34)CC2)C(C)=O)cc1OC. The first-order chi connectivity index (χ1) is 27.3. The summed E-state index contributed by atoms with van der Waals surface area (Å²) in [4.78, 5) is 50.4. The molecule has 4 N–H and O–H groups in total. The molecule has 1 atom stereocenters. The molecule has 1 aliphatic heterocycles. The smallest absolute Gasteiger partial charge is 0.251 e. The predicted octanol–water partition coefficient (Wildman–Crippen LogP) is 6.46. The lowest BCUT2D eigenvalue weighted by molar-refractivity contribution is -0.131. The van der Waals surface area contributed by atoms with Crippen LogP contribution in [0.3, 0.4) is 0 Å². The number of aromatic amines is 2. The Balaban J connectivity index is 1.02. The number of ether oxygens (including phenoxy) is 2. The molecule has 3 amide bonds. The maximum Gasteiger partial charge on any atom is 0.251 e. The van der Waals surface area contributed by atoms with Crippen LogP contribution in [0, 0.1) is 0 Å². The topological polar surface area (TPSA) is 132 Å². The maximum absolute atomic E-state index is 13.7. The number of carbonyl (C=O) groups is 3. The third kappa shape index (κ3) is 8.96. The van der Waals surface area contributed by atoms with E-state index in [1.54, 1.807) is 26.0 Å². The molecular formula is C45H48N6O5. The van der Waals surface area contributed by atoms with Gasteiger partial charge in [0.1, 0.15) is 0 Å². The van der Waals surface area contributed by atoms with E-state index in [9.17, 15) is 14.4 Å². The summed E-state index contributed by atoms with van der Waals surface area (Å²) in [7, 11) is 3.18. The normalized spacial score (nSPS) is 13.6. The van der Waals surface area contributed by atoms with Gasteiger partial charge in [-0.05, 0) is 71.5 Å². The Bertz CT molecular complexity index is 2360. The van der Waals surface area contributed by atoms with Crippen molar-refractivity contribution in [1.29, 1.82) is 0 Å². The van der Waals surface area contributed by atoms with E-state index >= 15 is 0 Å². The van der Waals surface area contributed by atoms with Gasteiger partial charge >= 0.3 is 0 Å². The van der Waals surface area contributed by atoms with Crippen molar-refractivity contribution in [2.24, 2.45) is 0 Å². The number of para-hydroxylation sites is 1. The summed E-state index contributed by atoms with van der Waals surface area (Å²) in [6.45, 7) is 4.23. The molecule has 3 heterocycles. The minimum absolute atomic E-state index is 0.0936. The summed E-state index contributed by atoms with van der Waals surface area (Å²) in [5, 5.41) is 8.40. The largest absolute Gasteiger partial charge is 0.493 e. The molecular weight excluding hydrogens is 705 g/mol. The molecule has 0 spiro atoms. The lowest BCUT2D eigenvalue weighted by Crippen LogP contribution is -2.49. The van der Waals surface area contributed by atoms with Crippen LogP contribution in [0.15, 0.2) is 109 Å². The minimum Gasteiger partial charge on any atom is -0.493 e. The highest BCUT2D eigenvalue weighted by atomic mass is 16.5. The van der Waals surface area contributed by atoms with Gasteiger partial charge < -0.3 is 35.0 Å². The van der Waals surface area contributed by atoms with Gasteiger partial charge in [0, 0.05) is 85.0 Å². The molecule has 11 nitrogen and oxygen atoms in total. The van der Waals surface area contributed by atoms with Gasteiger partial charge in [-0.2, -0.15) is 0 Å². The first-order valence-electron chi connectivity index (χ1n) is 18.9. The third-order valence-corrected chi connectivity index (χ3v) is 10.5. The van der Waals surface area contributed by atoms with Crippen LogP contribution in [0.4, 0.5) is 0 Å². The molecule has 11 heteroatoms. The van der Waals surface area contributed by atoms with Crippen molar-refractivity contribution in [2.75, 3.05) is 40.4 Å². The summed E-state index contributed by atoms with van der Waals surface area (Å²) in [5.74, 6) is 0.897. The van der Waals surface area contributed by atoms with Crippen LogP contribution in [0.25, 0.3) is 27.4 Å². The Hall–Kier alpha value is -6.33. The monoisotopic (exact) mass is 752 g/mol. The molecule has 56 heavy (non-hydrogen) atoms. The average Bonchev–Trinajstić information content (AvgIpc) is 3.84. The van der Waals surface area contributed by atoms with Crippen molar-refractivity contribution in [3.05, 3.63) is 137 Å². The number of nitrogens with zero attached hydrogens (tertiary/aromatic N) is 2. The van der Waals surface area contributed by atoms with Crippen LogP contribution in [-0.2, 0) is 29.1 Å².